The summed E-state index contributed by atoms with van der Waals surface area (Å²) in [5.41, 5.74) is 3.08. The van der Waals surface area contributed by atoms with Crippen LogP contribution in [0.3, 0.4) is 0 Å². The molecule has 0 bridgehead atoms. The van der Waals surface area contributed by atoms with E-state index in [4.69, 9.17) is 14.7 Å². The molecule has 1 N–H and O–H groups in total. The van der Waals surface area contributed by atoms with E-state index in [1.807, 2.05) is 29.2 Å². The standard InChI is InChI=1S/C27H30IN5O3/c1-3-24(35)31-11-13-32(14-12-31)26-22-8-10-33(18(2)25(22)29-27(30-26)36-15-9-28)23-17-20(34)16-19-6-4-5-7-21(19)23/h3-7,16-18,34H,1,8-15H2,2H3. The van der Waals surface area contributed by atoms with Gasteiger partial charge in [-0.1, -0.05) is 53.4 Å². The fourth-order valence-corrected chi connectivity index (χ4v) is 5.41. The molecule has 0 aliphatic carbocycles. The number of anilines is 2. The van der Waals surface area contributed by atoms with Crippen LogP contribution in [-0.2, 0) is 11.2 Å². The van der Waals surface area contributed by atoms with Crippen LogP contribution >= 0.6 is 22.6 Å². The summed E-state index contributed by atoms with van der Waals surface area (Å²) in [5.74, 6) is 1.12. The largest absolute Gasteiger partial charge is 0.508 e. The van der Waals surface area contributed by atoms with Crippen molar-refractivity contribution in [2.45, 2.75) is 19.4 Å². The van der Waals surface area contributed by atoms with Gasteiger partial charge in [0, 0.05) is 59.9 Å². The van der Waals surface area contributed by atoms with Crippen molar-refractivity contribution in [1.29, 1.82) is 0 Å². The van der Waals surface area contributed by atoms with E-state index >= 15 is 0 Å². The lowest BCUT2D eigenvalue weighted by molar-refractivity contribution is -0.126. The van der Waals surface area contributed by atoms with Gasteiger partial charge in [-0.05, 0) is 30.9 Å². The smallest absolute Gasteiger partial charge is 0.318 e. The molecule has 3 aromatic rings. The van der Waals surface area contributed by atoms with E-state index in [9.17, 15) is 9.90 Å². The third-order valence-electron chi connectivity index (χ3n) is 6.97. The lowest BCUT2D eigenvalue weighted by Gasteiger charge is -2.40. The number of nitrogens with zero attached hydrogens (tertiary/aromatic N) is 5. The maximum Gasteiger partial charge on any atom is 0.318 e. The SMILES string of the molecule is C=CC(=O)N1CCN(c2nc(OCCI)nc3c2CCN(c2cc(O)cc4ccccc24)C3C)CC1. The van der Waals surface area contributed by atoms with E-state index in [0.717, 1.165) is 50.9 Å². The van der Waals surface area contributed by atoms with Crippen LogP contribution in [0.25, 0.3) is 10.8 Å². The van der Waals surface area contributed by atoms with Crippen LogP contribution in [0.5, 0.6) is 11.8 Å². The summed E-state index contributed by atoms with van der Waals surface area (Å²) >= 11 is 2.28. The van der Waals surface area contributed by atoms with Gasteiger partial charge < -0.3 is 24.5 Å². The van der Waals surface area contributed by atoms with E-state index in [1.54, 1.807) is 6.07 Å². The Bertz CT molecular complexity index is 1290. The fraction of sp³-hybridized carbons (Fsp3) is 0.370. The molecule has 0 saturated carbocycles. The predicted molar refractivity (Wildman–Crippen MR) is 150 cm³/mol. The minimum absolute atomic E-state index is 0.0342. The molecule has 188 valence electrons. The Morgan fingerprint density at radius 1 is 1.19 bits per heavy atom. The Balaban J connectivity index is 1.52. The highest BCUT2D eigenvalue weighted by Gasteiger charge is 2.33. The summed E-state index contributed by atoms with van der Waals surface area (Å²) in [6.45, 7) is 9.73. The number of carbonyl (C=O) groups excluding carboxylic acids is 1. The second-order valence-electron chi connectivity index (χ2n) is 9.05. The summed E-state index contributed by atoms with van der Waals surface area (Å²) in [6.07, 6.45) is 2.15. The molecule has 1 amide bonds. The van der Waals surface area contributed by atoms with Gasteiger partial charge in [-0.15, -0.1) is 0 Å². The van der Waals surface area contributed by atoms with E-state index in [2.05, 4.69) is 52.0 Å². The molecule has 2 aromatic carbocycles. The Hall–Kier alpha value is -3.08. The number of aromatic nitrogens is 2. The zero-order valence-electron chi connectivity index (χ0n) is 20.4. The van der Waals surface area contributed by atoms with Crippen molar-refractivity contribution in [3.05, 3.63) is 60.3 Å². The van der Waals surface area contributed by atoms with Crippen molar-refractivity contribution in [1.82, 2.24) is 14.9 Å². The summed E-state index contributed by atoms with van der Waals surface area (Å²) < 4.78 is 6.76. The molecule has 8 nitrogen and oxygen atoms in total. The van der Waals surface area contributed by atoms with Gasteiger partial charge in [0.1, 0.15) is 18.2 Å². The average molecular weight is 599 g/mol. The van der Waals surface area contributed by atoms with Gasteiger partial charge in [-0.3, -0.25) is 4.79 Å². The van der Waals surface area contributed by atoms with Crippen LogP contribution in [0.4, 0.5) is 11.5 Å². The lowest BCUT2D eigenvalue weighted by Crippen LogP contribution is -2.49. The van der Waals surface area contributed by atoms with Crippen molar-refractivity contribution in [2.24, 2.45) is 0 Å². The van der Waals surface area contributed by atoms with E-state index < -0.39 is 0 Å². The average Bonchev–Trinajstić information content (AvgIpc) is 2.91. The van der Waals surface area contributed by atoms with Crippen molar-refractivity contribution in [3.63, 3.8) is 0 Å². The normalized spacial score (nSPS) is 17.7. The molecule has 2 aliphatic rings. The number of amides is 1. The maximum atomic E-state index is 12.1. The summed E-state index contributed by atoms with van der Waals surface area (Å²) in [6, 6.07) is 12.1. The molecule has 1 fully saturated rings. The van der Waals surface area contributed by atoms with Crippen LogP contribution in [0.15, 0.2) is 49.1 Å². The summed E-state index contributed by atoms with van der Waals surface area (Å²) in [7, 11) is 0. The van der Waals surface area contributed by atoms with E-state index in [1.165, 1.54) is 6.08 Å². The van der Waals surface area contributed by atoms with Crippen LogP contribution in [0, 0.1) is 0 Å². The number of hydrogen-bond donors (Lipinski definition) is 1. The van der Waals surface area contributed by atoms with Crippen LogP contribution in [-0.4, -0.2) is 69.6 Å². The second-order valence-corrected chi connectivity index (χ2v) is 10.1. The number of alkyl halides is 1. The van der Waals surface area contributed by atoms with Crippen molar-refractivity contribution in [2.75, 3.05) is 53.6 Å². The van der Waals surface area contributed by atoms with Crippen molar-refractivity contribution >= 4 is 50.8 Å². The number of aromatic hydroxyl groups is 1. The fourth-order valence-electron chi connectivity index (χ4n) is 5.19. The van der Waals surface area contributed by atoms with Gasteiger partial charge in [-0.25, -0.2) is 0 Å². The van der Waals surface area contributed by atoms with Gasteiger partial charge in [0.15, 0.2) is 0 Å². The Morgan fingerprint density at radius 2 is 1.97 bits per heavy atom. The quantitative estimate of drug-likeness (QED) is 0.260. The van der Waals surface area contributed by atoms with Crippen LogP contribution in [0.2, 0.25) is 0 Å². The monoisotopic (exact) mass is 599 g/mol. The molecule has 1 unspecified atom stereocenters. The predicted octanol–water partition coefficient (Wildman–Crippen LogP) is 4.11. The Kier molecular flexibility index (Phi) is 7.17. The van der Waals surface area contributed by atoms with E-state index in [-0.39, 0.29) is 17.7 Å². The highest BCUT2D eigenvalue weighted by Crippen LogP contribution is 2.41. The second kappa shape index (κ2) is 10.5. The number of halogens is 1. The molecule has 1 aromatic heterocycles. The summed E-state index contributed by atoms with van der Waals surface area (Å²) in [5, 5.41) is 12.6. The molecular formula is C27H30IN5O3. The molecule has 36 heavy (non-hydrogen) atoms. The Labute approximate surface area is 224 Å². The number of phenols is 1. The molecule has 0 radical (unpaired) electrons. The minimum atomic E-state index is -0.0358. The molecule has 3 heterocycles. The van der Waals surface area contributed by atoms with Gasteiger partial charge >= 0.3 is 6.01 Å². The van der Waals surface area contributed by atoms with Gasteiger partial charge in [-0.2, -0.15) is 9.97 Å². The molecule has 2 aliphatic heterocycles. The zero-order valence-corrected chi connectivity index (χ0v) is 22.5. The number of piperazine rings is 1. The first-order chi connectivity index (χ1) is 17.5. The molecule has 5 rings (SSSR count). The highest BCUT2D eigenvalue weighted by molar-refractivity contribution is 14.1. The minimum Gasteiger partial charge on any atom is -0.508 e. The first-order valence-electron chi connectivity index (χ1n) is 12.2. The zero-order chi connectivity index (χ0) is 25.2. The van der Waals surface area contributed by atoms with Crippen LogP contribution < -0.4 is 14.5 Å². The Morgan fingerprint density at radius 3 is 2.72 bits per heavy atom. The third kappa shape index (κ3) is 4.68. The molecule has 0 spiro atoms. The third-order valence-corrected chi connectivity index (χ3v) is 7.41. The van der Waals surface area contributed by atoms with Crippen molar-refractivity contribution in [3.8, 4) is 11.8 Å². The molecular weight excluding hydrogens is 569 g/mol. The van der Waals surface area contributed by atoms with Gasteiger partial charge in [0.2, 0.25) is 5.91 Å². The number of hydrogen-bond acceptors (Lipinski definition) is 7. The number of carbonyl (C=O) groups is 1. The molecule has 9 heteroatoms. The molecule has 1 saturated heterocycles. The summed E-state index contributed by atoms with van der Waals surface area (Å²) in [4.78, 5) is 28.2. The number of benzene rings is 2. The van der Waals surface area contributed by atoms with Crippen molar-refractivity contribution < 1.29 is 14.6 Å². The number of ether oxygens (including phenoxy) is 1. The first-order valence-corrected chi connectivity index (χ1v) is 13.8. The van der Waals surface area contributed by atoms with Crippen LogP contribution in [0.1, 0.15) is 24.2 Å². The molecule has 1 atom stereocenters. The van der Waals surface area contributed by atoms with Gasteiger partial charge in [0.25, 0.3) is 0 Å². The number of phenolic OH excluding ortho intramolecular Hbond substituents is 1. The maximum absolute atomic E-state index is 12.1. The van der Waals surface area contributed by atoms with Gasteiger partial charge in [0.05, 0.1) is 11.7 Å². The number of rotatable bonds is 6. The highest BCUT2D eigenvalue weighted by atomic mass is 127. The first kappa shape index (κ1) is 24.6. The topological polar surface area (TPSA) is 82.0 Å². The number of fused-ring (bicyclic) bond motifs is 2. The van der Waals surface area contributed by atoms with E-state index in [0.29, 0.717) is 38.8 Å². The lowest BCUT2D eigenvalue weighted by atomic mass is 9.96.